The summed E-state index contributed by atoms with van der Waals surface area (Å²) >= 11 is 1.10. The topological polar surface area (TPSA) is 111 Å². The summed E-state index contributed by atoms with van der Waals surface area (Å²) in [5, 5.41) is 21.0. The van der Waals surface area contributed by atoms with E-state index in [-0.39, 0.29) is 31.2 Å². The lowest BCUT2D eigenvalue weighted by atomic mass is 10.1. The summed E-state index contributed by atoms with van der Waals surface area (Å²) in [6.45, 7) is 1.85. The minimum absolute atomic E-state index is 0.148. The lowest BCUT2D eigenvalue weighted by molar-refractivity contribution is 0.0949. The van der Waals surface area contributed by atoms with Gasteiger partial charge in [-0.1, -0.05) is 18.2 Å². The Labute approximate surface area is 183 Å². The molecule has 0 bridgehead atoms. The number of rotatable bonds is 6. The third-order valence-electron chi connectivity index (χ3n) is 5.34. The zero-order valence-corrected chi connectivity index (χ0v) is 17.8. The monoisotopic (exact) mass is 437 g/mol. The number of thiophene rings is 1. The van der Waals surface area contributed by atoms with Gasteiger partial charge in [0.15, 0.2) is 0 Å². The number of piperidine rings is 1. The largest absolute Gasteiger partial charge is 0.395 e. The van der Waals surface area contributed by atoms with Crippen LogP contribution in [0.3, 0.4) is 0 Å². The molecule has 1 aromatic carbocycles. The van der Waals surface area contributed by atoms with Crippen molar-refractivity contribution in [2.45, 2.75) is 25.8 Å². The van der Waals surface area contributed by atoms with Crippen LogP contribution in [0.15, 0.2) is 35.1 Å². The van der Waals surface area contributed by atoms with E-state index in [0.29, 0.717) is 26.6 Å². The summed E-state index contributed by atoms with van der Waals surface area (Å²) in [5.74, 6) is 0.238. The van der Waals surface area contributed by atoms with Crippen LogP contribution in [0.1, 0.15) is 40.1 Å². The summed E-state index contributed by atoms with van der Waals surface area (Å²) in [6.07, 6.45) is 3.20. The van der Waals surface area contributed by atoms with Crippen molar-refractivity contribution in [3.8, 4) is 6.07 Å². The zero-order valence-electron chi connectivity index (χ0n) is 17.0. The summed E-state index contributed by atoms with van der Waals surface area (Å²) < 4.78 is 2.03. The number of nitriles is 1. The Bertz CT molecular complexity index is 1200. The molecule has 2 aromatic heterocycles. The number of aliphatic hydroxyl groups is 1. The average Bonchev–Trinajstić information content (AvgIpc) is 3.25. The van der Waals surface area contributed by atoms with Crippen molar-refractivity contribution >= 4 is 33.4 Å². The predicted octanol–water partition coefficient (Wildman–Crippen LogP) is 2.09. The number of nitrogens with one attached hydrogen (secondary N) is 1. The van der Waals surface area contributed by atoms with Crippen molar-refractivity contribution in [1.29, 1.82) is 5.26 Å². The van der Waals surface area contributed by atoms with Crippen LogP contribution in [-0.4, -0.2) is 46.8 Å². The number of hydrogen-bond acceptors (Lipinski definition) is 7. The van der Waals surface area contributed by atoms with E-state index in [1.165, 1.54) is 0 Å². The fourth-order valence-electron chi connectivity index (χ4n) is 3.78. The molecule has 1 aliphatic rings. The third-order valence-corrected chi connectivity index (χ3v) is 6.45. The van der Waals surface area contributed by atoms with E-state index in [1.54, 1.807) is 22.8 Å². The second kappa shape index (κ2) is 9.29. The zero-order chi connectivity index (χ0) is 21.8. The number of anilines is 1. The van der Waals surface area contributed by atoms with Crippen LogP contribution in [0.25, 0.3) is 10.2 Å². The van der Waals surface area contributed by atoms with Crippen LogP contribution in [0, 0.1) is 11.3 Å². The standard InChI is InChI=1S/C22H23N5O3S/c23-13-15-6-2-3-7-16(15)14-27-21(30)19-17(12-18(31-19)20(29)24-8-11-28)25-22(27)26-9-4-1-5-10-26/h2-3,6-7,12,28H,1,4-5,8-11,14H2,(H,24,29). The van der Waals surface area contributed by atoms with Gasteiger partial charge in [-0.2, -0.15) is 5.26 Å². The van der Waals surface area contributed by atoms with E-state index >= 15 is 0 Å². The highest BCUT2D eigenvalue weighted by Gasteiger charge is 2.22. The van der Waals surface area contributed by atoms with E-state index in [9.17, 15) is 14.9 Å². The molecule has 0 spiro atoms. The number of benzene rings is 1. The van der Waals surface area contributed by atoms with Crippen LogP contribution in [0.4, 0.5) is 5.95 Å². The van der Waals surface area contributed by atoms with Crippen molar-refractivity contribution in [2.75, 3.05) is 31.1 Å². The van der Waals surface area contributed by atoms with Gasteiger partial charge in [0, 0.05) is 19.6 Å². The first-order valence-electron chi connectivity index (χ1n) is 10.3. The second-order valence-electron chi connectivity index (χ2n) is 7.42. The maximum Gasteiger partial charge on any atom is 0.273 e. The molecule has 3 aromatic rings. The van der Waals surface area contributed by atoms with Crippen LogP contribution in [0.2, 0.25) is 0 Å². The van der Waals surface area contributed by atoms with E-state index in [2.05, 4.69) is 16.3 Å². The van der Waals surface area contributed by atoms with Crippen molar-refractivity contribution in [3.05, 3.63) is 56.7 Å². The van der Waals surface area contributed by atoms with Crippen LogP contribution in [0.5, 0.6) is 0 Å². The van der Waals surface area contributed by atoms with Gasteiger partial charge in [0.25, 0.3) is 11.5 Å². The molecular weight excluding hydrogens is 414 g/mol. The van der Waals surface area contributed by atoms with E-state index in [1.807, 2.05) is 12.1 Å². The molecule has 4 rings (SSSR count). The Balaban J connectivity index is 1.83. The first kappa shape index (κ1) is 21.0. The molecular formula is C22H23N5O3S. The maximum atomic E-state index is 13.5. The van der Waals surface area contributed by atoms with Crippen LogP contribution < -0.4 is 15.8 Å². The molecule has 1 saturated heterocycles. The summed E-state index contributed by atoms with van der Waals surface area (Å²) in [4.78, 5) is 33.1. The van der Waals surface area contributed by atoms with Gasteiger partial charge in [-0.3, -0.25) is 14.2 Å². The molecule has 0 saturated carbocycles. The number of hydrogen-bond donors (Lipinski definition) is 2. The minimum atomic E-state index is -0.336. The lowest BCUT2D eigenvalue weighted by Crippen LogP contribution is -2.36. The molecule has 3 heterocycles. The molecule has 1 aliphatic heterocycles. The highest BCUT2D eigenvalue weighted by molar-refractivity contribution is 7.20. The Morgan fingerprint density at radius 1 is 1.26 bits per heavy atom. The molecule has 0 radical (unpaired) electrons. The Morgan fingerprint density at radius 3 is 2.77 bits per heavy atom. The molecule has 0 unspecified atom stereocenters. The van der Waals surface area contributed by atoms with Crippen molar-refractivity contribution in [1.82, 2.24) is 14.9 Å². The first-order chi connectivity index (χ1) is 15.1. The smallest absolute Gasteiger partial charge is 0.273 e. The normalized spacial score (nSPS) is 13.9. The number of carbonyl (C=O) groups is 1. The fourth-order valence-corrected chi connectivity index (χ4v) is 4.75. The van der Waals surface area contributed by atoms with Crippen LogP contribution in [-0.2, 0) is 6.54 Å². The molecule has 0 atom stereocenters. The van der Waals surface area contributed by atoms with Gasteiger partial charge in [0.05, 0.1) is 35.2 Å². The van der Waals surface area contributed by atoms with E-state index in [0.717, 1.165) is 49.3 Å². The highest BCUT2D eigenvalue weighted by Crippen LogP contribution is 2.26. The molecule has 31 heavy (non-hydrogen) atoms. The first-order valence-corrected chi connectivity index (χ1v) is 11.1. The predicted molar refractivity (Wildman–Crippen MR) is 120 cm³/mol. The van der Waals surface area contributed by atoms with Gasteiger partial charge in [0.1, 0.15) is 4.70 Å². The van der Waals surface area contributed by atoms with Crippen molar-refractivity contribution in [2.24, 2.45) is 0 Å². The number of amides is 1. The van der Waals surface area contributed by atoms with Gasteiger partial charge >= 0.3 is 0 Å². The molecule has 1 fully saturated rings. The van der Waals surface area contributed by atoms with E-state index in [4.69, 9.17) is 10.1 Å². The molecule has 160 valence electrons. The number of nitrogens with zero attached hydrogens (tertiary/aromatic N) is 4. The number of carbonyl (C=O) groups excluding carboxylic acids is 1. The van der Waals surface area contributed by atoms with Gasteiger partial charge in [-0.15, -0.1) is 11.3 Å². The Hall–Kier alpha value is -3.22. The number of aliphatic hydroxyl groups excluding tert-OH is 1. The maximum absolute atomic E-state index is 13.5. The van der Waals surface area contributed by atoms with Gasteiger partial charge in [-0.05, 0) is 37.0 Å². The SMILES string of the molecule is N#Cc1ccccc1Cn1c(N2CCCCC2)nc2cc(C(=O)NCCO)sc2c1=O. The third kappa shape index (κ3) is 4.31. The highest BCUT2D eigenvalue weighted by atomic mass is 32.1. The molecule has 9 heteroatoms. The van der Waals surface area contributed by atoms with Crippen LogP contribution >= 0.6 is 11.3 Å². The Kier molecular flexibility index (Phi) is 6.30. The van der Waals surface area contributed by atoms with Gasteiger partial charge in [-0.25, -0.2) is 4.98 Å². The van der Waals surface area contributed by atoms with Gasteiger partial charge in [0.2, 0.25) is 5.95 Å². The van der Waals surface area contributed by atoms with Crippen molar-refractivity contribution < 1.29 is 9.90 Å². The average molecular weight is 438 g/mol. The quantitative estimate of drug-likeness (QED) is 0.611. The van der Waals surface area contributed by atoms with Crippen molar-refractivity contribution in [3.63, 3.8) is 0 Å². The van der Waals surface area contributed by atoms with Gasteiger partial charge < -0.3 is 15.3 Å². The fraction of sp³-hybridized carbons (Fsp3) is 0.364. The molecule has 0 aliphatic carbocycles. The molecule has 2 N–H and O–H groups in total. The number of fused-ring (bicyclic) bond motifs is 1. The second-order valence-corrected chi connectivity index (χ2v) is 8.48. The van der Waals surface area contributed by atoms with E-state index < -0.39 is 0 Å². The summed E-state index contributed by atoms with van der Waals surface area (Å²) in [6, 6.07) is 11.1. The number of aromatic nitrogens is 2. The lowest BCUT2D eigenvalue weighted by Gasteiger charge is -2.29. The summed E-state index contributed by atoms with van der Waals surface area (Å²) in [5.41, 5.74) is 1.55. The minimum Gasteiger partial charge on any atom is -0.395 e. The molecule has 1 amide bonds. The summed E-state index contributed by atoms with van der Waals surface area (Å²) in [7, 11) is 0. The Morgan fingerprint density at radius 2 is 2.03 bits per heavy atom. The molecule has 8 nitrogen and oxygen atoms in total.